The zero-order valence-corrected chi connectivity index (χ0v) is 26.6. The highest BCUT2D eigenvalue weighted by atomic mass is 79.9. The van der Waals surface area contributed by atoms with Crippen LogP contribution in [0.3, 0.4) is 0 Å². The summed E-state index contributed by atoms with van der Waals surface area (Å²) in [6.07, 6.45) is 3.93. The molecule has 1 atom stereocenters. The molecule has 3 rings (SSSR count). The molecule has 1 aliphatic heterocycles. The molecule has 2 aromatic carbocycles. The monoisotopic (exact) mass is 600 g/mol. The number of amidine groups is 1. The van der Waals surface area contributed by atoms with Gasteiger partial charge in [0.25, 0.3) is 0 Å². The van der Waals surface area contributed by atoms with Crippen molar-refractivity contribution in [3.63, 3.8) is 0 Å². The number of benzene rings is 2. The predicted molar refractivity (Wildman–Crippen MR) is 165 cm³/mol. The number of methoxy groups -OCH3 is 2. The van der Waals surface area contributed by atoms with Gasteiger partial charge in [-0.1, -0.05) is 54.9 Å². The van der Waals surface area contributed by atoms with Crippen molar-refractivity contribution in [1.82, 2.24) is 4.90 Å². The van der Waals surface area contributed by atoms with Gasteiger partial charge < -0.3 is 19.5 Å². The average Bonchev–Trinajstić information content (AvgIpc) is 3.11. The van der Waals surface area contributed by atoms with Gasteiger partial charge in [-0.25, -0.2) is 0 Å². The van der Waals surface area contributed by atoms with Crippen molar-refractivity contribution >= 4 is 34.7 Å². The summed E-state index contributed by atoms with van der Waals surface area (Å²) in [5, 5.41) is 20.1. The Labute approximate surface area is 244 Å². The van der Waals surface area contributed by atoms with Crippen molar-refractivity contribution in [2.24, 2.45) is 5.92 Å². The summed E-state index contributed by atoms with van der Waals surface area (Å²) in [6.45, 7) is 15.1. The lowest BCUT2D eigenvalue weighted by Crippen LogP contribution is -2.31. The third-order valence-corrected chi connectivity index (χ3v) is 7.24. The number of phenols is 1. The van der Waals surface area contributed by atoms with Gasteiger partial charge in [-0.15, -0.1) is 17.0 Å². The van der Waals surface area contributed by atoms with Crippen molar-refractivity contribution in [3.05, 3.63) is 58.2 Å². The number of ether oxygens (including phenoxy) is 2. The van der Waals surface area contributed by atoms with Gasteiger partial charge in [0.1, 0.15) is 23.1 Å². The normalized spacial score (nSPS) is 16.8. The molecule has 0 aromatic heterocycles. The summed E-state index contributed by atoms with van der Waals surface area (Å²) in [5.74, 6) is 2.13. The van der Waals surface area contributed by atoms with Crippen molar-refractivity contribution < 1.29 is 19.4 Å². The molecule has 0 radical (unpaired) electrons. The highest BCUT2D eigenvalue weighted by Crippen LogP contribution is 2.40. The van der Waals surface area contributed by atoms with Crippen LogP contribution in [0.4, 0.5) is 0 Å². The van der Waals surface area contributed by atoms with E-state index in [4.69, 9.17) is 14.9 Å². The first-order valence-corrected chi connectivity index (χ1v) is 13.4. The molecule has 1 saturated heterocycles. The van der Waals surface area contributed by atoms with E-state index in [-0.39, 0.29) is 51.8 Å². The number of hydrogen-bond donors (Lipinski definition) is 2. The second-order valence-electron chi connectivity index (χ2n) is 12.3. The van der Waals surface area contributed by atoms with E-state index in [1.165, 1.54) is 0 Å². The standard InChI is InChI=1S/C32H44N2O4.BrH/c1-10-11-21-18-34(30(33)24(21)14-20-12-13-23(37-8)17-28(20)38-9)19-27(35)22-15-25(31(2,3)4)29(36)26(16-22)32(5,6)7;/h12-17,21,33,36H,10-11,18-19H2,1-9H3;1H/b24-14-,33-30?;. The van der Waals surface area contributed by atoms with Crippen LogP contribution in [0.25, 0.3) is 6.08 Å². The van der Waals surface area contributed by atoms with E-state index < -0.39 is 0 Å². The lowest BCUT2D eigenvalue weighted by Gasteiger charge is -2.28. The molecular weight excluding hydrogens is 556 g/mol. The fourth-order valence-electron chi connectivity index (χ4n) is 5.07. The first-order chi connectivity index (χ1) is 17.7. The molecule has 1 unspecified atom stereocenters. The summed E-state index contributed by atoms with van der Waals surface area (Å²) in [4.78, 5) is 15.5. The number of aromatic hydroxyl groups is 1. The van der Waals surface area contributed by atoms with E-state index in [1.54, 1.807) is 14.2 Å². The van der Waals surface area contributed by atoms with Gasteiger partial charge in [0, 0.05) is 40.8 Å². The molecule has 1 heterocycles. The quantitative estimate of drug-likeness (QED) is 0.305. The molecule has 0 saturated carbocycles. The Balaban J connectivity index is 0.00000533. The summed E-state index contributed by atoms with van der Waals surface area (Å²) in [7, 11) is 3.25. The number of nitrogens with one attached hydrogen (secondary N) is 1. The number of halogens is 1. The minimum atomic E-state index is -0.319. The lowest BCUT2D eigenvalue weighted by molar-refractivity contribution is 0.0963. The molecular formula is C32H45BrN2O4. The van der Waals surface area contributed by atoms with Gasteiger partial charge in [0.2, 0.25) is 0 Å². The van der Waals surface area contributed by atoms with Crippen molar-refractivity contribution in [2.75, 3.05) is 27.3 Å². The first-order valence-electron chi connectivity index (χ1n) is 13.4. The number of ketones is 1. The molecule has 2 aromatic rings. The number of phenolic OH excluding ortho intramolecular Hbond substituents is 1. The van der Waals surface area contributed by atoms with Gasteiger partial charge in [-0.2, -0.15) is 0 Å². The molecule has 1 aliphatic rings. The van der Waals surface area contributed by atoms with Crippen LogP contribution in [0.5, 0.6) is 17.2 Å². The van der Waals surface area contributed by atoms with Gasteiger partial charge >= 0.3 is 0 Å². The Morgan fingerprint density at radius 2 is 1.64 bits per heavy atom. The van der Waals surface area contributed by atoms with Crippen LogP contribution in [-0.2, 0) is 10.8 Å². The maximum Gasteiger partial charge on any atom is 0.182 e. The van der Waals surface area contributed by atoms with Crippen LogP contribution in [0.1, 0.15) is 88.4 Å². The van der Waals surface area contributed by atoms with Crippen LogP contribution in [0, 0.1) is 11.3 Å². The minimum Gasteiger partial charge on any atom is -0.507 e. The largest absolute Gasteiger partial charge is 0.507 e. The van der Waals surface area contributed by atoms with Crippen LogP contribution >= 0.6 is 17.0 Å². The van der Waals surface area contributed by atoms with Crippen LogP contribution in [0.2, 0.25) is 0 Å². The second kappa shape index (κ2) is 12.6. The average molecular weight is 602 g/mol. The fourth-order valence-corrected chi connectivity index (χ4v) is 5.07. The Hall–Kier alpha value is -2.80. The first kappa shape index (κ1) is 32.4. The Morgan fingerprint density at radius 3 is 2.13 bits per heavy atom. The van der Waals surface area contributed by atoms with E-state index in [9.17, 15) is 9.90 Å². The van der Waals surface area contributed by atoms with Crippen molar-refractivity contribution in [1.29, 1.82) is 5.41 Å². The molecule has 7 heteroatoms. The number of carbonyl (C=O) groups excluding carboxylic acids is 1. The lowest BCUT2D eigenvalue weighted by atomic mass is 9.78. The maximum absolute atomic E-state index is 13.6. The van der Waals surface area contributed by atoms with Gasteiger partial charge in [-0.05, 0) is 53.2 Å². The number of Topliss-reactive ketones (excluding diaryl/α,β-unsaturated/α-hetero) is 1. The molecule has 0 amide bonds. The van der Waals surface area contributed by atoms with E-state index in [0.29, 0.717) is 29.4 Å². The molecule has 214 valence electrons. The van der Waals surface area contributed by atoms with Gasteiger partial charge in [0.15, 0.2) is 5.78 Å². The number of rotatable bonds is 8. The molecule has 1 fully saturated rings. The summed E-state index contributed by atoms with van der Waals surface area (Å²) < 4.78 is 10.9. The highest BCUT2D eigenvalue weighted by Gasteiger charge is 2.34. The molecule has 39 heavy (non-hydrogen) atoms. The summed E-state index contributed by atoms with van der Waals surface area (Å²) in [6, 6.07) is 9.32. The van der Waals surface area contributed by atoms with Crippen molar-refractivity contribution in [3.8, 4) is 17.2 Å². The zero-order valence-electron chi connectivity index (χ0n) is 24.9. The Morgan fingerprint density at radius 1 is 1.05 bits per heavy atom. The number of nitrogens with zero attached hydrogens (tertiary/aromatic N) is 1. The Kier molecular flexibility index (Phi) is 10.5. The second-order valence-corrected chi connectivity index (χ2v) is 12.3. The van der Waals surface area contributed by atoms with E-state index >= 15 is 0 Å². The molecule has 0 aliphatic carbocycles. The van der Waals surface area contributed by atoms with Gasteiger partial charge in [0.05, 0.1) is 20.8 Å². The number of likely N-dealkylation sites (tertiary alicyclic amines) is 1. The molecule has 2 N–H and O–H groups in total. The molecule has 0 spiro atoms. The van der Waals surface area contributed by atoms with Crippen molar-refractivity contribution in [2.45, 2.75) is 72.1 Å². The number of carbonyl (C=O) groups is 1. The Bertz CT molecular complexity index is 1200. The number of hydrogen-bond acceptors (Lipinski definition) is 5. The fraction of sp³-hybridized carbons (Fsp3) is 0.500. The van der Waals surface area contributed by atoms with E-state index in [0.717, 1.165) is 35.1 Å². The molecule has 6 nitrogen and oxygen atoms in total. The zero-order chi connectivity index (χ0) is 28.4. The predicted octanol–water partition coefficient (Wildman–Crippen LogP) is 7.56. The van der Waals surface area contributed by atoms with E-state index in [2.05, 4.69) is 6.92 Å². The third-order valence-electron chi connectivity index (χ3n) is 7.24. The van der Waals surface area contributed by atoms with Crippen LogP contribution in [0.15, 0.2) is 35.9 Å². The summed E-state index contributed by atoms with van der Waals surface area (Å²) >= 11 is 0. The summed E-state index contributed by atoms with van der Waals surface area (Å²) in [5.41, 5.74) is 3.26. The van der Waals surface area contributed by atoms with E-state index in [1.807, 2.05) is 82.9 Å². The van der Waals surface area contributed by atoms with Crippen LogP contribution in [-0.4, -0.2) is 48.9 Å². The topological polar surface area (TPSA) is 82.9 Å². The SMILES string of the molecule is Br.CCCC1CN(CC(=O)c2cc(C(C)(C)C)c(O)c(C(C)(C)C)c2)C(=N)/C1=C\c1ccc(OC)cc1OC. The molecule has 0 bridgehead atoms. The van der Waals surface area contributed by atoms with Crippen LogP contribution < -0.4 is 9.47 Å². The van der Waals surface area contributed by atoms with Gasteiger partial charge in [-0.3, -0.25) is 10.2 Å². The minimum absolute atomic E-state index is 0. The maximum atomic E-state index is 13.6. The highest BCUT2D eigenvalue weighted by molar-refractivity contribution is 8.93. The smallest absolute Gasteiger partial charge is 0.182 e. The third kappa shape index (κ3) is 7.24.